The standard InChI is InChI=1S/C26H19F4N3O3S/c27-19-9-7-16(12-21(19)31-23(34)11-15-3-1-2-4-18(15)26(28,29)30)36-17-8-10-20-22(13-17)37-25(32-20)33-24(35)14-5-6-14/h1-4,7-10,12-14H,5-6,11H2,(H,31,34)(H,32,33,35). The summed E-state index contributed by atoms with van der Waals surface area (Å²) in [4.78, 5) is 28.8. The van der Waals surface area contributed by atoms with Gasteiger partial charge in [0.1, 0.15) is 17.3 Å². The number of rotatable bonds is 7. The number of halogens is 4. The maximum Gasteiger partial charge on any atom is 0.416 e. The molecule has 1 saturated carbocycles. The van der Waals surface area contributed by atoms with Gasteiger partial charge in [-0.15, -0.1) is 0 Å². The van der Waals surface area contributed by atoms with E-state index in [0.29, 0.717) is 16.4 Å². The van der Waals surface area contributed by atoms with Crippen LogP contribution in [-0.4, -0.2) is 16.8 Å². The van der Waals surface area contributed by atoms with Crippen LogP contribution in [0.5, 0.6) is 11.5 Å². The van der Waals surface area contributed by atoms with Gasteiger partial charge in [0.15, 0.2) is 5.13 Å². The third-order valence-corrected chi connectivity index (χ3v) is 6.59. The molecule has 5 rings (SSSR count). The van der Waals surface area contributed by atoms with Crippen LogP contribution < -0.4 is 15.4 Å². The number of carbonyl (C=O) groups is 2. The Morgan fingerprint density at radius 3 is 2.49 bits per heavy atom. The monoisotopic (exact) mass is 529 g/mol. The Labute approximate surface area is 212 Å². The van der Waals surface area contributed by atoms with E-state index >= 15 is 0 Å². The number of benzene rings is 3. The first-order valence-corrected chi connectivity index (χ1v) is 12.1. The predicted molar refractivity (Wildman–Crippen MR) is 131 cm³/mol. The maximum atomic E-state index is 14.4. The van der Waals surface area contributed by atoms with E-state index in [1.54, 1.807) is 18.2 Å². The van der Waals surface area contributed by atoms with Crippen LogP contribution in [0.15, 0.2) is 60.7 Å². The topological polar surface area (TPSA) is 80.3 Å². The first-order chi connectivity index (χ1) is 17.7. The lowest BCUT2D eigenvalue weighted by Crippen LogP contribution is -2.18. The summed E-state index contributed by atoms with van der Waals surface area (Å²) in [6.07, 6.45) is -3.42. The molecular weight excluding hydrogens is 510 g/mol. The molecule has 1 aliphatic rings. The molecule has 1 aliphatic carbocycles. The Morgan fingerprint density at radius 1 is 1.00 bits per heavy atom. The van der Waals surface area contributed by atoms with Gasteiger partial charge in [0.05, 0.1) is 27.9 Å². The van der Waals surface area contributed by atoms with Crippen LogP contribution in [0, 0.1) is 11.7 Å². The highest BCUT2D eigenvalue weighted by atomic mass is 32.1. The molecule has 190 valence electrons. The van der Waals surface area contributed by atoms with Crippen molar-refractivity contribution in [2.24, 2.45) is 5.92 Å². The molecule has 1 heterocycles. The maximum absolute atomic E-state index is 14.4. The van der Waals surface area contributed by atoms with E-state index in [1.807, 2.05) is 0 Å². The fraction of sp³-hybridized carbons (Fsp3) is 0.192. The fourth-order valence-electron chi connectivity index (χ4n) is 3.69. The first-order valence-electron chi connectivity index (χ1n) is 11.3. The molecule has 0 unspecified atom stereocenters. The number of fused-ring (bicyclic) bond motifs is 1. The SMILES string of the molecule is O=C(Cc1ccccc1C(F)(F)F)Nc1cc(Oc2ccc3nc(NC(=O)C4CC4)sc3c2)ccc1F. The largest absolute Gasteiger partial charge is 0.457 e. The smallest absolute Gasteiger partial charge is 0.416 e. The number of anilines is 2. The lowest BCUT2D eigenvalue weighted by molar-refractivity contribution is -0.138. The number of hydrogen-bond acceptors (Lipinski definition) is 5. The summed E-state index contributed by atoms with van der Waals surface area (Å²) in [5.41, 5.74) is -0.687. The van der Waals surface area contributed by atoms with Crippen molar-refractivity contribution < 1.29 is 31.9 Å². The van der Waals surface area contributed by atoms with Gasteiger partial charge in [0, 0.05) is 18.1 Å². The highest BCUT2D eigenvalue weighted by Crippen LogP contribution is 2.35. The molecule has 37 heavy (non-hydrogen) atoms. The van der Waals surface area contributed by atoms with E-state index < -0.39 is 29.9 Å². The molecule has 0 aliphatic heterocycles. The highest BCUT2D eigenvalue weighted by molar-refractivity contribution is 7.22. The summed E-state index contributed by atoms with van der Waals surface area (Å²) in [6, 6.07) is 13.5. The molecule has 11 heteroatoms. The van der Waals surface area contributed by atoms with Gasteiger partial charge >= 0.3 is 6.18 Å². The minimum absolute atomic E-state index is 0.0432. The number of thiazole rings is 1. The Balaban J connectivity index is 1.28. The molecule has 0 radical (unpaired) electrons. The van der Waals surface area contributed by atoms with Crippen molar-refractivity contribution in [3.8, 4) is 11.5 Å². The van der Waals surface area contributed by atoms with Gasteiger partial charge < -0.3 is 15.4 Å². The third-order valence-electron chi connectivity index (χ3n) is 5.66. The van der Waals surface area contributed by atoms with E-state index in [1.165, 1.54) is 41.7 Å². The minimum Gasteiger partial charge on any atom is -0.457 e. The van der Waals surface area contributed by atoms with Crippen LogP contribution in [-0.2, 0) is 22.2 Å². The molecule has 2 amide bonds. The summed E-state index contributed by atoms with van der Waals surface area (Å²) in [5, 5.41) is 5.61. The van der Waals surface area contributed by atoms with Crippen LogP contribution >= 0.6 is 11.3 Å². The van der Waals surface area contributed by atoms with Gasteiger partial charge in [-0.25, -0.2) is 9.37 Å². The minimum atomic E-state index is -4.61. The predicted octanol–water partition coefficient (Wildman–Crippen LogP) is 6.78. The van der Waals surface area contributed by atoms with Crippen LogP contribution in [0.3, 0.4) is 0 Å². The number of alkyl halides is 3. The number of carbonyl (C=O) groups excluding carboxylic acids is 2. The summed E-state index contributed by atoms with van der Waals surface area (Å²) < 4.78 is 60.6. The zero-order chi connectivity index (χ0) is 26.2. The lowest BCUT2D eigenvalue weighted by atomic mass is 10.0. The molecule has 2 N–H and O–H groups in total. The quantitative estimate of drug-likeness (QED) is 0.259. The average Bonchev–Trinajstić information content (AvgIpc) is 3.62. The summed E-state index contributed by atoms with van der Waals surface area (Å²) in [6.45, 7) is 0. The van der Waals surface area contributed by atoms with E-state index in [2.05, 4.69) is 15.6 Å². The number of nitrogens with zero attached hydrogens (tertiary/aromatic N) is 1. The van der Waals surface area contributed by atoms with Crippen LogP contribution in [0.1, 0.15) is 24.0 Å². The van der Waals surface area contributed by atoms with Crippen molar-refractivity contribution in [2.75, 3.05) is 10.6 Å². The molecular formula is C26H19F4N3O3S. The second-order valence-corrected chi connectivity index (χ2v) is 9.57. The van der Waals surface area contributed by atoms with Crippen molar-refractivity contribution in [3.63, 3.8) is 0 Å². The molecule has 4 aromatic rings. The molecule has 0 saturated heterocycles. The highest BCUT2D eigenvalue weighted by Gasteiger charge is 2.33. The van der Waals surface area contributed by atoms with Crippen molar-refractivity contribution >= 4 is 44.2 Å². The summed E-state index contributed by atoms with van der Waals surface area (Å²) in [7, 11) is 0. The molecule has 0 atom stereocenters. The molecule has 6 nitrogen and oxygen atoms in total. The number of hydrogen-bond donors (Lipinski definition) is 2. The van der Waals surface area contributed by atoms with Crippen molar-refractivity contribution in [1.82, 2.24) is 4.98 Å². The average molecular weight is 530 g/mol. The fourth-order valence-corrected chi connectivity index (χ4v) is 4.59. The van der Waals surface area contributed by atoms with Gasteiger partial charge in [0.25, 0.3) is 0 Å². The van der Waals surface area contributed by atoms with E-state index in [-0.39, 0.29) is 28.8 Å². The molecule has 1 fully saturated rings. The normalized spacial score (nSPS) is 13.4. The molecule has 0 bridgehead atoms. The summed E-state index contributed by atoms with van der Waals surface area (Å²) >= 11 is 1.29. The number of ether oxygens (including phenoxy) is 1. The van der Waals surface area contributed by atoms with Crippen LogP contribution in [0.25, 0.3) is 10.2 Å². The Morgan fingerprint density at radius 2 is 1.73 bits per heavy atom. The van der Waals surface area contributed by atoms with E-state index in [0.717, 1.165) is 29.7 Å². The van der Waals surface area contributed by atoms with E-state index in [9.17, 15) is 27.2 Å². The van der Waals surface area contributed by atoms with Crippen molar-refractivity contribution in [3.05, 3.63) is 77.6 Å². The summed E-state index contributed by atoms with van der Waals surface area (Å²) in [5.74, 6) is -0.937. The Hall–Kier alpha value is -3.99. The van der Waals surface area contributed by atoms with Gasteiger partial charge in [-0.2, -0.15) is 13.2 Å². The van der Waals surface area contributed by atoms with Gasteiger partial charge in [-0.05, 0) is 48.7 Å². The van der Waals surface area contributed by atoms with E-state index in [4.69, 9.17) is 4.74 Å². The Kier molecular flexibility index (Phi) is 6.55. The zero-order valence-electron chi connectivity index (χ0n) is 19.1. The zero-order valence-corrected chi connectivity index (χ0v) is 19.9. The lowest BCUT2D eigenvalue weighted by Gasteiger charge is -2.13. The van der Waals surface area contributed by atoms with Crippen molar-refractivity contribution in [1.29, 1.82) is 0 Å². The number of amides is 2. The molecule has 0 spiro atoms. The number of nitrogens with one attached hydrogen (secondary N) is 2. The number of aromatic nitrogens is 1. The molecule has 1 aromatic heterocycles. The van der Waals surface area contributed by atoms with Crippen LogP contribution in [0.4, 0.5) is 28.4 Å². The second-order valence-electron chi connectivity index (χ2n) is 8.54. The third kappa shape index (κ3) is 5.88. The first kappa shape index (κ1) is 24.7. The Bertz CT molecular complexity index is 1500. The van der Waals surface area contributed by atoms with Gasteiger partial charge in [-0.3, -0.25) is 9.59 Å². The van der Waals surface area contributed by atoms with Gasteiger partial charge in [-0.1, -0.05) is 29.5 Å². The van der Waals surface area contributed by atoms with Crippen molar-refractivity contribution in [2.45, 2.75) is 25.4 Å². The second kappa shape index (κ2) is 9.81. The van der Waals surface area contributed by atoms with Crippen LogP contribution in [0.2, 0.25) is 0 Å². The molecule has 3 aromatic carbocycles. The van der Waals surface area contributed by atoms with Gasteiger partial charge in [0.2, 0.25) is 11.8 Å².